The molecular weight excluding hydrogens is 126 g/mol. The van der Waals surface area contributed by atoms with Gasteiger partial charge >= 0.3 is 0 Å². The van der Waals surface area contributed by atoms with Crippen molar-refractivity contribution in [2.24, 2.45) is 17.1 Å². The van der Waals surface area contributed by atoms with E-state index in [1.807, 2.05) is 0 Å². The van der Waals surface area contributed by atoms with Gasteiger partial charge in [-0.2, -0.15) is 0 Å². The van der Waals surface area contributed by atoms with Gasteiger partial charge in [-0.15, -0.1) is 0 Å². The first kappa shape index (κ1) is 6.20. The highest BCUT2D eigenvalue weighted by molar-refractivity contribution is 5.82. The summed E-state index contributed by atoms with van der Waals surface area (Å²) in [7, 11) is 0. The molecule has 3 rings (SSSR count). The summed E-state index contributed by atoms with van der Waals surface area (Å²) in [6.07, 6.45) is 5.77. The fourth-order valence-corrected chi connectivity index (χ4v) is 2.51. The first-order valence-corrected chi connectivity index (χ1v) is 4.03. The van der Waals surface area contributed by atoms with Crippen molar-refractivity contribution >= 4 is 5.91 Å². The third-order valence-corrected chi connectivity index (χ3v) is 3.15. The van der Waals surface area contributed by atoms with Gasteiger partial charge in [0, 0.05) is 5.41 Å². The van der Waals surface area contributed by atoms with Crippen LogP contribution in [0.4, 0.5) is 0 Å². The van der Waals surface area contributed by atoms with Gasteiger partial charge in [0.05, 0.1) is 0 Å². The lowest BCUT2D eigenvalue weighted by Gasteiger charge is -2.50. The number of hydrogen-bond donors (Lipinski definition) is 1. The van der Waals surface area contributed by atoms with E-state index < -0.39 is 0 Å². The standard InChI is InChI=1S/C8H13NO/c9-7(10)8-3-1-2-6(4-8)5-8/h6H,1-5H2,(H2,9,10). The molecule has 0 unspecified atom stereocenters. The topological polar surface area (TPSA) is 43.1 Å². The predicted molar refractivity (Wildman–Crippen MR) is 38.2 cm³/mol. The molecule has 2 heteroatoms. The second-order valence-corrected chi connectivity index (χ2v) is 3.81. The normalized spacial score (nSPS) is 44.2. The largest absolute Gasteiger partial charge is 0.369 e. The first-order valence-electron chi connectivity index (χ1n) is 4.03. The highest BCUT2D eigenvalue weighted by atomic mass is 16.1. The molecule has 0 heterocycles. The molecule has 3 fully saturated rings. The van der Waals surface area contributed by atoms with E-state index >= 15 is 0 Å². The lowest BCUT2D eigenvalue weighted by atomic mass is 9.54. The van der Waals surface area contributed by atoms with Gasteiger partial charge in [-0.25, -0.2) is 0 Å². The maximum Gasteiger partial charge on any atom is 0.223 e. The number of carbonyl (C=O) groups is 1. The minimum Gasteiger partial charge on any atom is -0.369 e. The Bertz CT molecular complexity index is 165. The summed E-state index contributed by atoms with van der Waals surface area (Å²) in [6, 6.07) is 0. The Balaban J connectivity index is 2.12. The van der Waals surface area contributed by atoms with Crippen LogP contribution in [0.2, 0.25) is 0 Å². The van der Waals surface area contributed by atoms with Crippen molar-refractivity contribution < 1.29 is 4.79 Å². The Hall–Kier alpha value is -0.530. The van der Waals surface area contributed by atoms with Crippen LogP contribution in [0.3, 0.4) is 0 Å². The van der Waals surface area contributed by atoms with Crippen molar-refractivity contribution in [1.29, 1.82) is 0 Å². The molecule has 56 valence electrons. The zero-order chi connectivity index (χ0) is 7.19. The Morgan fingerprint density at radius 1 is 1.50 bits per heavy atom. The van der Waals surface area contributed by atoms with Crippen molar-refractivity contribution in [2.45, 2.75) is 32.1 Å². The number of primary amides is 1. The Labute approximate surface area is 60.8 Å². The van der Waals surface area contributed by atoms with E-state index in [2.05, 4.69) is 0 Å². The van der Waals surface area contributed by atoms with E-state index in [1.165, 1.54) is 12.8 Å². The van der Waals surface area contributed by atoms with Crippen LogP contribution in [0.25, 0.3) is 0 Å². The highest BCUT2D eigenvalue weighted by Crippen LogP contribution is 2.55. The Morgan fingerprint density at radius 3 is 2.50 bits per heavy atom. The van der Waals surface area contributed by atoms with Crippen molar-refractivity contribution in [3.63, 3.8) is 0 Å². The fraction of sp³-hybridized carbons (Fsp3) is 0.875. The quantitative estimate of drug-likeness (QED) is 0.579. The van der Waals surface area contributed by atoms with Crippen LogP contribution in [-0.2, 0) is 4.79 Å². The van der Waals surface area contributed by atoms with Crippen LogP contribution in [0.15, 0.2) is 0 Å². The molecule has 2 N–H and O–H groups in total. The molecule has 0 radical (unpaired) electrons. The van der Waals surface area contributed by atoms with Gasteiger partial charge in [-0.3, -0.25) is 4.79 Å². The first-order chi connectivity index (χ1) is 4.73. The summed E-state index contributed by atoms with van der Waals surface area (Å²) >= 11 is 0. The summed E-state index contributed by atoms with van der Waals surface area (Å²) in [5.41, 5.74) is 5.26. The maximum absolute atomic E-state index is 10.9. The van der Waals surface area contributed by atoms with E-state index in [-0.39, 0.29) is 11.3 Å². The van der Waals surface area contributed by atoms with Gasteiger partial charge in [0.2, 0.25) is 5.91 Å². The van der Waals surface area contributed by atoms with Gasteiger partial charge in [0.25, 0.3) is 0 Å². The molecule has 1 amide bonds. The summed E-state index contributed by atoms with van der Waals surface area (Å²) in [6.45, 7) is 0. The molecule has 10 heavy (non-hydrogen) atoms. The van der Waals surface area contributed by atoms with Crippen molar-refractivity contribution in [3.05, 3.63) is 0 Å². The van der Waals surface area contributed by atoms with Gasteiger partial charge in [0.15, 0.2) is 0 Å². The van der Waals surface area contributed by atoms with Crippen LogP contribution in [-0.4, -0.2) is 5.91 Å². The molecule has 2 nitrogen and oxygen atoms in total. The van der Waals surface area contributed by atoms with Crippen LogP contribution in [0.5, 0.6) is 0 Å². The monoisotopic (exact) mass is 139 g/mol. The number of fused-ring (bicyclic) bond motifs is 2. The van der Waals surface area contributed by atoms with Crippen molar-refractivity contribution in [3.8, 4) is 0 Å². The maximum atomic E-state index is 10.9. The minimum absolute atomic E-state index is 0.0388. The number of hydrogen-bond acceptors (Lipinski definition) is 1. The molecule has 3 aliphatic carbocycles. The third kappa shape index (κ3) is 0.619. The predicted octanol–water partition coefficient (Wildman–Crippen LogP) is 1.05. The number of carbonyl (C=O) groups excluding carboxylic acids is 1. The zero-order valence-corrected chi connectivity index (χ0v) is 6.10. The van der Waals surface area contributed by atoms with Gasteiger partial charge in [0.1, 0.15) is 0 Å². The second-order valence-electron chi connectivity index (χ2n) is 3.81. The Kier molecular flexibility index (Phi) is 1.08. The smallest absolute Gasteiger partial charge is 0.223 e. The molecule has 0 aromatic carbocycles. The molecule has 0 spiro atoms. The number of amides is 1. The SMILES string of the molecule is NC(=O)C12CCCC(C1)C2. The third-order valence-electron chi connectivity index (χ3n) is 3.15. The Morgan fingerprint density at radius 2 is 2.20 bits per heavy atom. The lowest BCUT2D eigenvalue weighted by Crippen LogP contribution is -2.50. The molecule has 0 aromatic rings. The summed E-state index contributed by atoms with van der Waals surface area (Å²) in [5.74, 6) is 0.782. The summed E-state index contributed by atoms with van der Waals surface area (Å²) in [5, 5.41) is 0. The lowest BCUT2D eigenvalue weighted by molar-refractivity contribution is -0.140. The molecule has 0 aromatic heterocycles. The average Bonchev–Trinajstić information content (AvgIpc) is 1.87. The number of rotatable bonds is 1. The van der Waals surface area contributed by atoms with Crippen molar-refractivity contribution in [1.82, 2.24) is 0 Å². The number of nitrogens with two attached hydrogens (primary N) is 1. The molecule has 2 bridgehead atoms. The van der Waals surface area contributed by atoms with E-state index in [0.29, 0.717) is 0 Å². The molecule has 0 atom stereocenters. The van der Waals surface area contributed by atoms with Crippen LogP contribution >= 0.6 is 0 Å². The van der Waals surface area contributed by atoms with E-state index in [1.54, 1.807) is 0 Å². The highest BCUT2D eigenvalue weighted by Gasteiger charge is 2.50. The van der Waals surface area contributed by atoms with Crippen LogP contribution in [0, 0.1) is 11.3 Å². The van der Waals surface area contributed by atoms with Gasteiger partial charge in [-0.1, -0.05) is 12.8 Å². The van der Waals surface area contributed by atoms with Crippen LogP contribution in [0.1, 0.15) is 32.1 Å². The molecule has 0 saturated heterocycles. The van der Waals surface area contributed by atoms with Gasteiger partial charge in [-0.05, 0) is 25.2 Å². The average molecular weight is 139 g/mol. The molecule has 0 aliphatic heterocycles. The van der Waals surface area contributed by atoms with Crippen LogP contribution < -0.4 is 5.73 Å². The summed E-state index contributed by atoms with van der Waals surface area (Å²) < 4.78 is 0. The molecular formula is C8H13NO. The van der Waals surface area contributed by atoms with E-state index in [0.717, 1.165) is 25.2 Å². The minimum atomic E-state index is -0.0524. The second kappa shape index (κ2) is 1.74. The van der Waals surface area contributed by atoms with E-state index in [9.17, 15) is 4.79 Å². The molecule has 3 aliphatic rings. The van der Waals surface area contributed by atoms with Crippen molar-refractivity contribution in [2.75, 3.05) is 0 Å². The molecule has 3 saturated carbocycles. The van der Waals surface area contributed by atoms with Gasteiger partial charge < -0.3 is 5.73 Å². The summed E-state index contributed by atoms with van der Waals surface area (Å²) in [4.78, 5) is 10.9. The fourth-order valence-electron chi connectivity index (χ4n) is 2.51. The zero-order valence-electron chi connectivity index (χ0n) is 6.10. The van der Waals surface area contributed by atoms with E-state index in [4.69, 9.17) is 5.73 Å².